The van der Waals surface area contributed by atoms with Gasteiger partial charge in [0.15, 0.2) is 11.5 Å². The predicted molar refractivity (Wildman–Crippen MR) is 82.0 cm³/mol. The van der Waals surface area contributed by atoms with Gasteiger partial charge in [0.05, 0.1) is 19.3 Å². The van der Waals surface area contributed by atoms with Gasteiger partial charge in [0.2, 0.25) is 0 Å². The summed E-state index contributed by atoms with van der Waals surface area (Å²) < 4.78 is 17.1. The summed E-state index contributed by atoms with van der Waals surface area (Å²) in [5.41, 5.74) is 0. The van der Waals surface area contributed by atoms with E-state index in [2.05, 4.69) is 0 Å². The zero-order valence-corrected chi connectivity index (χ0v) is 12.6. The van der Waals surface area contributed by atoms with E-state index in [9.17, 15) is 0 Å². The maximum absolute atomic E-state index is 8.81. The van der Waals surface area contributed by atoms with Crippen LogP contribution in [0.4, 0.5) is 0 Å². The Hall–Kier alpha value is -1.26. The molecule has 0 aromatic heterocycles. The number of rotatable bonds is 8. The third kappa shape index (κ3) is 5.94. The van der Waals surface area contributed by atoms with Crippen LogP contribution in [0, 0.1) is 0 Å². The smallest absolute Gasteiger partial charge is 0.161 e. The van der Waals surface area contributed by atoms with Gasteiger partial charge in [0, 0.05) is 0 Å². The quantitative estimate of drug-likeness (QED) is 0.591. The molecule has 21 heavy (non-hydrogen) atoms. The summed E-state index contributed by atoms with van der Waals surface area (Å²) in [6.45, 7) is 1.41. The first-order valence-electron chi connectivity index (χ1n) is 7.97. The second-order valence-corrected chi connectivity index (χ2v) is 5.35. The molecule has 0 spiro atoms. The molecule has 0 bridgehead atoms. The summed E-state index contributed by atoms with van der Waals surface area (Å²) >= 11 is 0. The molecule has 0 heterocycles. The highest BCUT2D eigenvalue weighted by atomic mass is 16.5. The van der Waals surface area contributed by atoms with E-state index in [1.807, 2.05) is 24.3 Å². The fraction of sp³-hybridized carbons (Fsp3) is 0.647. The molecule has 1 fully saturated rings. The molecule has 1 aliphatic rings. The Kier molecular flexibility index (Phi) is 7.39. The Bertz CT molecular complexity index is 386. The molecule has 0 atom stereocenters. The van der Waals surface area contributed by atoms with Crippen molar-refractivity contribution in [3.63, 3.8) is 0 Å². The first-order chi connectivity index (χ1) is 10.4. The summed E-state index contributed by atoms with van der Waals surface area (Å²) in [5.74, 6) is 1.37. The predicted octanol–water partition coefficient (Wildman–Crippen LogP) is 3.18. The van der Waals surface area contributed by atoms with E-state index in [0.717, 1.165) is 0 Å². The van der Waals surface area contributed by atoms with Gasteiger partial charge in [-0.15, -0.1) is 0 Å². The van der Waals surface area contributed by atoms with Crippen molar-refractivity contribution in [3.8, 4) is 11.5 Å². The molecular formula is C17H26O4. The van der Waals surface area contributed by atoms with Gasteiger partial charge in [-0.05, 0) is 25.0 Å². The Balaban J connectivity index is 1.70. The number of aliphatic hydroxyl groups is 1. The van der Waals surface area contributed by atoms with Crippen molar-refractivity contribution in [2.75, 3.05) is 26.4 Å². The lowest BCUT2D eigenvalue weighted by atomic mass is 10.1. The molecule has 118 valence electrons. The summed E-state index contributed by atoms with van der Waals surface area (Å²) in [6.07, 6.45) is 7.99. The summed E-state index contributed by atoms with van der Waals surface area (Å²) in [4.78, 5) is 0. The Labute approximate surface area is 127 Å². The van der Waals surface area contributed by atoms with Crippen LogP contribution < -0.4 is 9.47 Å². The zero-order chi connectivity index (χ0) is 14.8. The number of aliphatic hydroxyl groups excluding tert-OH is 1. The highest BCUT2D eigenvalue weighted by molar-refractivity contribution is 5.39. The van der Waals surface area contributed by atoms with E-state index in [1.165, 1.54) is 38.5 Å². The number of para-hydroxylation sites is 2. The minimum Gasteiger partial charge on any atom is -0.487 e. The van der Waals surface area contributed by atoms with E-state index in [-0.39, 0.29) is 13.2 Å². The van der Waals surface area contributed by atoms with Gasteiger partial charge in [-0.25, -0.2) is 0 Å². The molecule has 1 aromatic rings. The van der Waals surface area contributed by atoms with Gasteiger partial charge in [-0.3, -0.25) is 0 Å². The van der Waals surface area contributed by atoms with Gasteiger partial charge in [0.1, 0.15) is 13.2 Å². The van der Waals surface area contributed by atoms with Gasteiger partial charge in [-0.1, -0.05) is 37.8 Å². The number of hydrogen-bond donors (Lipinski definition) is 1. The van der Waals surface area contributed by atoms with Crippen molar-refractivity contribution >= 4 is 0 Å². The molecule has 4 nitrogen and oxygen atoms in total. The summed E-state index contributed by atoms with van der Waals surface area (Å²) in [5, 5.41) is 8.81. The van der Waals surface area contributed by atoms with Crippen LogP contribution in [0.3, 0.4) is 0 Å². The topological polar surface area (TPSA) is 47.9 Å². The third-order valence-corrected chi connectivity index (χ3v) is 3.69. The lowest BCUT2D eigenvalue weighted by Gasteiger charge is -2.16. The van der Waals surface area contributed by atoms with Crippen molar-refractivity contribution in [2.45, 2.75) is 44.6 Å². The normalized spacial score (nSPS) is 16.4. The maximum Gasteiger partial charge on any atom is 0.161 e. The lowest BCUT2D eigenvalue weighted by Crippen LogP contribution is -2.16. The van der Waals surface area contributed by atoms with Crippen LogP contribution in [0.5, 0.6) is 11.5 Å². The average Bonchev–Trinajstić information content (AvgIpc) is 2.79. The van der Waals surface area contributed by atoms with Crippen LogP contribution in [0.1, 0.15) is 38.5 Å². The van der Waals surface area contributed by atoms with Crippen molar-refractivity contribution in [1.82, 2.24) is 0 Å². The maximum atomic E-state index is 8.81. The van der Waals surface area contributed by atoms with Crippen molar-refractivity contribution < 1.29 is 19.3 Å². The highest BCUT2D eigenvalue weighted by Gasteiger charge is 2.12. The second-order valence-electron chi connectivity index (χ2n) is 5.35. The molecule has 1 saturated carbocycles. The van der Waals surface area contributed by atoms with Crippen LogP contribution in [0.15, 0.2) is 24.3 Å². The Morgan fingerprint density at radius 2 is 1.48 bits per heavy atom. The number of ether oxygens (including phenoxy) is 3. The van der Waals surface area contributed by atoms with Crippen LogP contribution in [-0.2, 0) is 4.74 Å². The van der Waals surface area contributed by atoms with E-state index >= 15 is 0 Å². The highest BCUT2D eigenvalue weighted by Crippen LogP contribution is 2.26. The summed E-state index contributed by atoms with van der Waals surface area (Å²) in [7, 11) is 0. The van der Waals surface area contributed by atoms with Gasteiger partial charge >= 0.3 is 0 Å². The second kappa shape index (κ2) is 9.64. The van der Waals surface area contributed by atoms with Crippen LogP contribution >= 0.6 is 0 Å². The molecule has 0 radical (unpaired) electrons. The average molecular weight is 294 g/mol. The molecule has 2 rings (SSSR count). The Morgan fingerprint density at radius 3 is 2.10 bits per heavy atom. The molecule has 1 aromatic carbocycles. The Morgan fingerprint density at radius 1 is 0.857 bits per heavy atom. The van der Waals surface area contributed by atoms with Crippen molar-refractivity contribution in [1.29, 1.82) is 0 Å². The summed E-state index contributed by atoms with van der Waals surface area (Å²) in [6, 6.07) is 7.52. The van der Waals surface area contributed by atoms with Crippen molar-refractivity contribution in [2.24, 2.45) is 0 Å². The SMILES string of the molecule is OCCOc1ccccc1OCCOC1CCCCCC1. The first kappa shape index (κ1) is 16.1. The molecule has 1 aliphatic carbocycles. The van der Waals surface area contributed by atoms with Gasteiger partial charge in [0.25, 0.3) is 0 Å². The molecule has 0 unspecified atom stereocenters. The molecule has 0 aliphatic heterocycles. The molecule has 1 N–H and O–H groups in total. The van der Waals surface area contributed by atoms with E-state index < -0.39 is 0 Å². The van der Waals surface area contributed by atoms with Crippen molar-refractivity contribution in [3.05, 3.63) is 24.3 Å². The molecule has 0 saturated heterocycles. The van der Waals surface area contributed by atoms with E-state index in [1.54, 1.807) is 0 Å². The monoisotopic (exact) mass is 294 g/mol. The number of hydrogen-bond acceptors (Lipinski definition) is 4. The van der Waals surface area contributed by atoms with E-state index in [4.69, 9.17) is 19.3 Å². The van der Waals surface area contributed by atoms with Gasteiger partial charge in [-0.2, -0.15) is 0 Å². The largest absolute Gasteiger partial charge is 0.487 e. The first-order valence-corrected chi connectivity index (χ1v) is 7.97. The van der Waals surface area contributed by atoms with Gasteiger partial charge < -0.3 is 19.3 Å². The van der Waals surface area contributed by atoms with Crippen LogP contribution in [0.25, 0.3) is 0 Å². The zero-order valence-electron chi connectivity index (χ0n) is 12.6. The molecule has 4 heteroatoms. The third-order valence-electron chi connectivity index (χ3n) is 3.69. The minimum absolute atomic E-state index is 0.000868. The lowest BCUT2D eigenvalue weighted by molar-refractivity contribution is 0.0248. The molecular weight excluding hydrogens is 268 g/mol. The van der Waals surface area contributed by atoms with E-state index in [0.29, 0.717) is 30.8 Å². The fourth-order valence-electron chi connectivity index (χ4n) is 2.62. The number of benzene rings is 1. The standard InChI is InChI=1S/C17H26O4/c18-11-12-20-16-9-5-6-10-17(16)21-14-13-19-15-7-3-1-2-4-8-15/h5-6,9-10,15,18H,1-4,7-8,11-14H2. The van der Waals surface area contributed by atoms with Crippen LogP contribution in [0.2, 0.25) is 0 Å². The minimum atomic E-state index is -0.000868. The molecule has 0 amide bonds. The van der Waals surface area contributed by atoms with Crippen LogP contribution in [-0.4, -0.2) is 37.6 Å². The fourth-order valence-corrected chi connectivity index (χ4v) is 2.62.